The Hall–Kier alpha value is -3.87. The number of hydrogen-bond acceptors (Lipinski definition) is 5. The highest BCUT2D eigenvalue weighted by molar-refractivity contribution is 5.96. The van der Waals surface area contributed by atoms with E-state index in [9.17, 15) is 14.4 Å². The Bertz CT molecular complexity index is 1330. The predicted octanol–water partition coefficient (Wildman–Crippen LogP) is 3.82. The summed E-state index contributed by atoms with van der Waals surface area (Å²) in [6, 6.07) is 17.4. The highest BCUT2D eigenvalue weighted by Crippen LogP contribution is 2.23. The smallest absolute Gasteiger partial charge is 0.289 e. The molecule has 4 aromatic rings. The van der Waals surface area contributed by atoms with Crippen molar-refractivity contribution in [2.24, 2.45) is 5.92 Å². The predicted molar refractivity (Wildman–Crippen MR) is 120 cm³/mol. The van der Waals surface area contributed by atoms with Crippen molar-refractivity contribution in [1.82, 2.24) is 10.2 Å². The monoisotopic (exact) mass is 430 g/mol. The first-order valence-electron chi connectivity index (χ1n) is 10.7. The second-order valence-corrected chi connectivity index (χ2v) is 8.07. The van der Waals surface area contributed by atoms with Gasteiger partial charge in [-0.3, -0.25) is 14.4 Å². The van der Waals surface area contributed by atoms with E-state index in [0.717, 1.165) is 18.2 Å². The van der Waals surface area contributed by atoms with Crippen LogP contribution < -0.4 is 10.7 Å². The van der Waals surface area contributed by atoms with Crippen LogP contribution in [0.4, 0.5) is 0 Å². The summed E-state index contributed by atoms with van der Waals surface area (Å²) in [6.45, 7) is 1.66. The number of nitrogens with zero attached hydrogens (tertiary/aromatic N) is 1. The van der Waals surface area contributed by atoms with Gasteiger partial charge in [0.25, 0.3) is 11.8 Å². The third-order valence-electron chi connectivity index (χ3n) is 5.95. The van der Waals surface area contributed by atoms with Gasteiger partial charge in [-0.15, -0.1) is 0 Å². The zero-order valence-corrected chi connectivity index (χ0v) is 17.4. The number of para-hydroxylation sites is 2. The summed E-state index contributed by atoms with van der Waals surface area (Å²) in [5.41, 5.74) is 0.853. The van der Waals surface area contributed by atoms with E-state index < -0.39 is 5.91 Å². The Morgan fingerprint density at radius 3 is 2.38 bits per heavy atom. The lowest BCUT2D eigenvalue weighted by Gasteiger charge is -2.31. The van der Waals surface area contributed by atoms with E-state index >= 15 is 0 Å². The van der Waals surface area contributed by atoms with Gasteiger partial charge >= 0.3 is 0 Å². The number of benzene rings is 2. The second kappa shape index (κ2) is 8.34. The van der Waals surface area contributed by atoms with Gasteiger partial charge in [0, 0.05) is 31.1 Å². The maximum Gasteiger partial charge on any atom is 0.289 e. The standard InChI is InChI=1S/C25H22N2O5/c28-19-14-22(32-21-8-4-2-6-18(19)21)24(29)26-15-16-9-11-27(12-10-16)25(30)23-13-17-5-1-3-7-20(17)31-23/h1-8,13-14,16H,9-12,15H2,(H,26,29). The van der Waals surface area contributed by atoms with Gasteiger partial charge in [0.2, 0.25) is 0 Å². The summed E-state index contributed by atoms with van der Waals surface area (Å²) in [6.07, 6.45) is 1.54. The van der Waals surface area contributed by atoms with Gasteiger partial charge in [-0.2, -0.15) is 0 Å². The normalized spacial score (nSPS) is 14.7. The van der Waals surface area contributed by atoms with Crippen LogP contribution in [0, 0.1) is 5.92 Å². The molecular weight excluding hydrogens is 408 g/mol. The molecule has 0 atom stereocenters. The summed E-state index contributed by atoms with van der Waals surface area (Å²) in [5.74, 6) is 0.0802. The summed E-state index contributed by atoms with van der Waals surface area (Å²) < 4.78 is 11.3. The van der Waals surface area contributed by atoms with Crippen LogP contribution in [0.5, 0.6) is 0 Å². The number of carbonyl (C=O) groups is 2. The lowest BCUT2D eigenvalue weighted by atomic mass is 9.96. The van der Waals surface area contributed by atoms with E-state index in [-0.39, 0.29) is 23.0 Å². The molecule has 1 aliphatic heterocycles. The zero-order valence-electron chi connectivity index (χ0n) is 17.4. The lowest BCUT2D eigenvalue weighted by Crippen LogP contribution is -2.41. The molecule has 1 saturated heterocycles. The van der Waals surface area contributed by atoms with E-state index in [4.69, 9.17) is 8.83 Å². The molecule has 0 bridgehead atoms. The van der Waals surface area contributed by atoms with Crippen molar-refractivity contribution in [2.75, 3.05) is 19.6 Å². The first-order valence-corrected chi connectivity index (χ1v) is 10.7. The molecule has 2 aromatic heterocycles. The van der Waals surface area contributed by atoms with Crippen molar-refractivity contribution in [2.45, 2.75) is 12.8 Å². The second-order valence-electron chi connectivity index (χ2n) is 8.07. The zero-order chi connectivity index (χ0) is 22.1. The molecule has 7 nitrogen and oxygen atoms in total. The molecule has 1 fully saturated rings. The molecule has 0 unspecified atom stereocenters. The molecule has 2 amide bonds. The minimum absolute atomic E-state index is 0.00574. The number of hydrogen-bond donors (Lipinski definition) is 1. The molecule has 32 heavy (non-hydrogen) atoms. The molecule has 5 rings (SSSR count). The van der Waals surface area contributed by atoms with Gasteiger partial charge in [-0.05, 0) is 43.0 Å². The molecule has 0 radical (unpaired) electrons. The molecule has 3 heterocycles. The van der Waals surface area contributed by atoms with E-state index in [0.29, 0.717) is 41.9 Å². The average molecular weight is 430 g/mol. The quantitative estimate of drug-likeness (QED) is 0.531. The average Bonchev–Trinajstić information content (AvgIpc) is 3.27. The van der Waals surface area contributed by atoms with Crippen molar-refractivity contribution in [3.8, 4) is 0 Å². The fourth-order valence-corrected chi connectivity index (χ4v) is 4.12. The largest absolute Gasteiger partial charge is 0.451 e. The molecule has 1 aliphatic rings. The highest BCUT2D eigenvalue weighted by Gasteiger charge is 2.26. The third-order valence-corrected chi connectivity index (χ3v) is 5.95. The fraction of sp³-hybridized carbons (Fsp3) is 0.240. The maximum atomic E-state index is 12.8. The van der Waals surface area contributed by atoms with E-state index in [1.807, 2.05) is 24.3 Å². The summed E-state index contributed by atoms with van der Waals surface area (Å²) in [7, 11) is 0. The van der Waals surface area contributed by atoms with Crippen LogP contribution in [0.3, 0.4) is 0 Å². The molecule has 2 aromatic carbocycles. The molecular formula is C25H22N2O5. The summed E-state index contributed by atoms with van der Waals surface area (Å²) in [5, 5.41) is 4.22. The first-order chi connectivity index (χ1) is 15.6. The van der Waals surface area contributed by atoms with Crippen molar-refractivity contribution in [3.63, 3.8) is 0 Å². The third kappa shape index (κ3) is 3.89. The van der Waals surface area contributed by atoms with E-state index in [2.05, 4.69) is 5.32 Å². The number of likely N-dealkylation sites (tertiary alicyclic amines) is 1. The van der Waals surface area contributed by atoms with Crippen molar-refractivity contribution in [1.29, 1.82) is 0 Å². The van der Waals surface area contributed by atoms with Crippen LogP contribution in [0.1, 0.15) is 34.0 Å². The Morgan fingerprint density at radius 1 is 0.906 bits per heavy atom. The Labute approximate surface area is 183 Å². The van der Waals surface area contributed by atoms with Gasteiger partial charge in [0.05, 0.1) is 5.39 Å². The van der Waals surface area contributed by atoms with Gasteiger partial charge in [-0.25, -0.2) is 0 Å². The topological polar surface area (TPSA) is 92.8 Å². The summed E-state index contributed by atoms with van der Waals surface area (Å²) >= 11 is 0. The molecule has 162 valence electrons. The van der Waals surface area contributed by atoms with Gasteiger partial charge in [0.15, 0.2) is 16.9 Å². The molecule has 0 aliphatic carbocycles. The summed E-state index contributed by atoms with van der Waals surface area (Å²) in [4.78, 5) is 39.3. The lowest BCUT2D eigenvalue weighted by molar-refractivity contribution is 0.0655. The van der Waals surface area contributed by atoms with Gasteiger partial charge in [-0.1, -0.05) is 30.3 Å². The van der Waals surface area contributed by atoms with Crippen molar-refractivity contribution < 1.29 is 18.4 Å². The molecule has 1 N–H and O–H groups in total. The fourth-order valence-electron chi connectivity index (χ4n) is 4.12. The van der Waals surface area contributed by atoms with Crippen molar-refractivity contribution >= 4 is 33.8 Å². The number of furan rings is 1. The number of carbonyl (C=O) groups excluding carboxylic acids is 2. The Morgan fingerprint density at radius 2 is 1.59 bits per heavy atom. The van der Waals surface area contributed by atoms with Crippen LogP contribution >= 0.6 is 0 Å². The number of rotatable bonds is 4. The maximum absolute atomic E-state index is 12.8. The first kappa shape index (κ1) is 20.1. The van der Waals surface area contributed by atoms with Crippen LogP contribution in [0.15, 0.2) is 74.3 Å². The van der Waals surface area contributed by atoms with Crippen molar-refractivity contribution in [3.05, 3.63) is 82.4 Å². The number of amides is 2. The van der Waals surface area contributed by atoms with E-state index in [1.54, 1.807) is 35.2 Å². The Kier molecular flexibility index (Phi) is 5.23. The van der Waals surface area contributed by atoms with E-state index in [1.165, 1.54) is 6.07 Å². The highest BCUT2D eigenvalue weighted by atomic mass is 16.4. The number of nitrogens with one attached hydrogen (secondary N) is 1. The van der Waals surface area contributed by atoms with Gasteiger partial charge in [0.1, 0.15) is 11.2 Å². The molecule has 7 heteroatoms. The molecule has 0 spiro atoms. The molecule has 0 saturated carbocycles. The van der Waals surface area contributed by atoms with Crippen LogP contribution in [-0.4, -0.2) is 36.3 Å². The minimum atomic E-state index is -0.409. The minimum Gasteiger partial charge on any atom is -0.451 e. The van der Waals surface area contributed by atoms with Crippen LogP contribution in [0.2, 0.25) is 0 Å². The van der Waals surface area contributed by atoms with Crippen LogP contribution in [-0.2, 0) is 0 Å². The van der Waals surface area contributed by atoms with Gasteiger partial charge < -0.3 is 19.1 Å². The number of fused-ring (bicyclic) bond motifs is 2. The SMILES string of the molecule is O=C(NCC1CCN(C(=O)c2cc3ccccc3o2)CC1)c1cc(=O)c2ccccc2o1. The Balaban J connectivity index is 1.17. The van der Waals surface area contributed by atoms with Crippen LogP contribution in [0.25, 0.3) is 21.9 Å². The number of piperidine rings is 1.